The molecule has 3 atom stereocenters. The van der Waals surface area contributed by atoms with Gasteiger partial charge in [0.05, 0.1) is 52.8 Å². The Morgan fingerprint density at radius 1 is 0.943 bits per heavy atom. The molecule has 1 aliphatic carbocycles. The third-order valence-corrected chi connectivity index (χ3v) is 12.5. The highest BCUT2D eigenvalue weighted by molar-refractivity contribution is 7.13. The summed E-state index contributed by atoms with van der Waals surface area (Å²) >= 11 is 1.55. The minimum atomic E-state index is -1.08. The van der Waals surface area contributed by atoms with Crippen molar-refractivity contribution >= 4 is 64.0 Å². The first kappa shape index (κ1) is 50.5. The number of aliphatic hydroxyl groups is 1. The molecule has 3 aromatic heterocycles. The number of hydrogen-bond donors (Lipinski definition) is 7. The van der Waals surface area contributed by atoms with Crippen molar-refractivity contribution in [2.45, 2.75) is 78.2 Å². The number of para-hydroxylation sites is 1. The van der Waals surface area contributed by atoms with Crippen molar-refractivity contribution in [3.8, 4) is 27.6 Å². The van der Waals surface area contributed by atoms with E-state index in [9.17, 15) is 33.9 Å². The van der Waals surface area contributed by atoms with Gasteiger partial charge in [0.25, 0.3) is 5.91 Å². The molecule has 4 heterocycles. The van der Waals surface area contributed by atoms with Crippen LogP contribution in [0, 0.1) is 18.3 Å². The maximum Gasteiger partial charge on any atom is 0.273 e. The van der Waals surface area contributed by atoms with Gasteiger partial charge in [-0.1, -0.05) is 51.1 Å². The van der Waals surface area contributed by atoms with E-state index in [0.29, 0.717) is 22.8 Å². The Hall–Kier alpha value is -7.37. The lowest BCUT2D eigenvalue weighted by Gasteiger charge is -2.35. The fourth-order valence-electron chi connectivity index (χ4n) is 7.69. The molecule has 0 spiro atoms. The Labute approximate surface area is 407 Å². The number of hydrogen-bond acceptors (Lipinski definition) is 16. The summed E-state index contributed by atoms with van der Waals surface area (Å²) in [4.78, 5) is 89.5. The van der Waals surface area contributed by atoms with Gasteiger partial charge in [-0.25, -0.2) is 9.97 Å². The van der Waals surface area contributed by atoms with E-state index < -0.39 is 66.4 Å². The van der Waals surface area contributed by atoms with Crippen LogP contribution >= 0.6 is 11.3 Å². The Balaban J connectivity index is 0.876. The summed E-state index contributed by atoms with van der Waals surface area (Å²) in [6.45, 7) is 6.81. The minimum absolute atomic E-state index is 0.00631. The second kappa shape index (κ2) is 22.4. The molecule has 2 aromatic carbocycles. The van der Waals surface area contributed by atoms with Crippen LogP contribution in [0.1, 0.15) is 61.8 Å². The summed E-state index contributed by atoms with van der Waals surface area (Å²) in [5.74, 6) is -1.97. The smallest absolute Gasteiger partial charge is 0.273 e. The van der Waals surface area contributed by atoms with Crippen molar-refractivity contribution < 1.29 is 43.3 Å². The Kier molecular flexibility index (Phi) is 16.1. The fraction of sp³-hybridized carbons (Fsp3) is 0.426. The number of anilines is 3. The number of thiazole rings is 1. The molecule has 1 aliphatic heterocycles. The SMILES string of the molecule is CNC(=O)c1nnc(NC(=O)C2CC2)cc1Nc1cccc(-c2ncn(CCNC(=O)COCC(=O)N[C@H](C(=O)N3C[C@H](O)C[C@H]3C(=O)NCc3ccc(-c4scnc4C)cc3)C(C)(C)C)n2)c1OC. The van der Waals surface area contributed by atoms with Gasteiger partial charge in [-0.2, -0.15) is 5.10 Å². The summed E-state index contributed by atoms with van der Waals surface area (Å²) < 4.78 is 12.7. The van der Waals surface area contributed by atoms with E-state index in [4.69, 9.17) is 9.47 Å². The molecule has 70 heavy (non-hydrogen) atoms. The number of nitrogens with one attached hydrogen (secondary N) is 6. The molecule has 0 radical (unpaired) electrons. The quantitative estimate of drug-likeness (QED) is 0.0590. The predicted molar refractivity (Wildman–Crippen MR) is 258 cm³/mol. The molecule has 2 aliphatic rings. The van der Waals surface area contributed by atoms with Crippen LogP contribution in [0.2, 0.25) is 0 Å². The first-order valence-corrected chi connectivity index (χ1v) is 23.5. The van der Waals surface area contributed by atoms with Crippen LogP contribution in [0.3, 0.4) is 0 Å². The van der Waals surface area contributed by atoms with Crippen molar-refractivity contribution in [3.63, 3.8) is 0 Å². The predicted octanol–water partition coefficient (Wildman–Crippen LogP) is 2.57. The molecule has 5 aromatic rings. The number of carbonyl (C=O) groups excluding carboxylic acids is 6. The number of amides is 6. The molecule has 7 rings (SSSR count). The average Bonchev–Trinajstić information content (AvgIpc) is 3.73. The van der Waals surface area contributed by atoms with E-state index in [0.717, 1.165) is 34.5 Å². The first-order valence-electron chi connectivity index (χ1n) is 22.7. The van der Waals surface area contributed by atoms with E-state index in [1.54, 1.807) is 55.8 Å². The second-order valence-electron chi connectivity index (χ2n) is 18.0. The monoisotopic (exact) mass is 979 g/mol. The summed E-state index contributed by atoms with van der Waals surface area (Å²) in [5.41, 5.74) is 5.06. The third-order valence-electron chi connectivity index (χ3n) is 11.5. The van der Waals surface area contributed by atoms with Gasteiger partial charge in [-0.05, 0) is 48.4 Å². The van der Waals surface area contributed by atoms with E-state index in [1.165, 1.54) is 36.1 Å². The number of ether oxygens (including phenoxy) is 2. The highest BCUT2D eigenvalue weighted by atomic mass is 32.1. The number of benzene rings is 2. The van der Waals surface area contributed by atoms with Crippen molar-refractivity contribution in [2.24, 2.45) is 11.3 Å². The van der Waals surface area contributed by atoms with Crippen LogP contribution in [0.15, 0.2) is 60.4 Å². The minimum Gasteiger partial charge on any atom is -0.494 e. The normalized spacial score (nSPS) is 16.0. The van der Waals surface area contributed by atoms with Gasteiger partial charge in [0.1, 0.15) is 31.6 Å². The van der Waals surface area contributed by atoms with Crippen LogP contribution in [0.4, 0.5) is 17.2 Å². The van der Waals surface area contributed by atoms with Gasteiger partial charge in [-0.3, -0.25) is 33.4 Å². The zero-order valence-corrected chi connectivity index (χ0v) is 40.5. The average molecular weight is 980 g/mol. The molecule has 0 bridgehead atoms. The molecule has 7 N–H and O–H groups in total. The van der Waals surface area contributed by atoms with E-state index >= 15 is 0 Å². The molecule has 1 saturated heterocycles. The van der Waals surface area contributed by atoms with E-state index in [-0.39, 0.29) is 61.6 Å². The molecule has 2 fully saturated rings. The van der Waals surface area contributed by atoms with E-state index in [2.05, 4.69) is 57.2 Å². The molecular formula is C47H57N13O9S. The lowest BCUT2D eigenvalue weighted by Crippen LogP contribution is -2.58. The molecular weight excluding hydrogens is 923 g/mol. The van der Waals surface area contributed by atoms with Crippen LogP contribution < -0.4 is 36.6 Å². The number of methoxy groups -OCH3 is 1. The van der Waals surface area contributed by atoms with Crippen molar-refractivity contribution in [1.29, 1.82) is 0 Å². The van der Waals surface area contributed by atoms with Gasteiger partial charge in [0.2, 0.25) is 29.5 Å². The van der Waals surface area contributed by atoms with Crippen LogP contribution in [-0.2, 0) is 41.8 Å². The van der Waals surface area contributed by atoms with Crippen molar-refractivity contribution in [2.75, 3.05) is 51.1 Å². The lowest BCUT2D eigenvalue weighted by atomic mass is 9.85. The zero-order chi connectivity index (χ0) is 50.1. The van der Waals surface area contributed by atoms with Gasteiger partial charge in [0, 0.05) is 45.1 Å². The highest BCUT2D eigenvalue weighted by Crippen LogP contribution is 2.38. The molecule has 1 saturated carbocycles. The Bertz CT molecular complexity index is 2720. The topological polar surface area (TPSA) is 286 Å². The summed E-state index contributed by atoms with van der Waals surface area (Å²) in [6.07, 6.45) is 2.21. The molecule has 370 valence electrons. The molecule has 0 unspecified atom stereocenters. The second-order valence-corrected chi connectivity index (χ2v) is 18.8. The first-order chi connectivity index (χ1) is 33.5. The number of nitrogens with zero attached hydrogens (tertiary/aromatic N) is 7. The summed E-state index contributed by atoms with van der Waals surface area (Å²) in [7, 11) is 2.94. The number of carbonyl (C=O) groups is 6. The van der Waals surface area contributed by atoms with Gasteiger partial charge in [-0.15, -0.1) is 21.5 Å². The van der Waals surface area contributed by atoms with Gasteiger partial charge in [0.15, 0.2) is 23.1 Å². The van der Waals surface area contributed by atoms with Crippen molar-refractivity contribution in [1.82, 2.24) is 56.1 Å². The summed E-state index contributed by atoms with van der Waals surface area (Å²) in [5, 5.41) is 40.0. The maximum absolute atomic E-state index is 14.0. The number of rotatable bonds is 20. The van der Waals surface area contributed by atoms with Gasteiger partial charge >= 0.3 is 0 Å². The van der Waals surface area contributed by atoms with Gasteiger partial charge < -0.3 is 51.4 Å². The molecule has 6 amide bonds. The number of aromatic nitrogens is 6. The summed E-state index contributed by atoms with van der Waals surface area (Å²) in [6, 6.07) is 12.5. The number of aliphatic hydroxyl groups excluding tert-OH is 1. The molecule has 23 heteroatoms. The number of aryl methyl sites for hydroxylation is 1. The molecule has 22 nitrogen and oxygen atoms in total. The largest absolute Gasteiger partial charge is 0.494 e. The van der Waals surface area contributed by atoms with Crippen LogP contribution in [-0.4, -0.2) is 134 Å². The van der Waals surface area contributed by atoms with Crippen molar-refractivity contribution in [3.05, 3.63) is 77.3 Å². The highest BCUT2D eigenvalue weighted by Gasteiger charge is 2.44. The third kappa shape index (κ3) is 12.6. The fourth-order valence-corrected chi connectivity index (χ4v) is 8.50. The van der Waals surface area contributed by atoms with E-state index in [1.807, 2.05) is 31.2 Å². The Morgan fingerprint density at radius 3 is 2.39 bits per heavy atom. The standard InChI is InChI=1S/C47H57N13O9S/c1-26-40(70-25-52-26)28-12-10-27(11-13-28)20-50-44(65)34-18-30(61)21-60(34)46(67)41(47(2,3)4)55-37(63)23-69-22-36(62)49-16-17-59-24-51-42(58-59)31-8-7-9-32(39(31)68-6)53-33-19-35(54-43(64)29-14-15-29)56-57-38(33)45(66)48-5/h7-13,19,24-25,29-30,34,41,61H,14-18,20-23H2,1-6H3,(H,48,66)(H,49,62)(H,50,65)(H,55,63)(H2,53,54,56,64)/t30-,34+,41-/m1/s1. The Morgan fingerprint density at radius 2 is 1.70 bits per heavy atom. The lowest BCUT2D eigenvalue weighted by molar-refractivity contribution is -0.145. The number of likely N-dealkylation sites (tertiary alicyclic amines) is 1. The zero-order valence-electron chi connectivity index (χ0n) is 39.7. The number of β-amino-alcohol motifs (C(OH)–C–C–N with tert-alkyl or cyclic N) is 1. The maximum atomic E-state index is 14.0. The van der Waals surface area contributed by atoms with Crippen LogP contribution in [0.25, 0.3) is 21.8 Å². The van der Waals surface area contributed by atoms with Crippen LogP contribution in [0.5, 0.6) is 5.75 Å².